The number of carbonyl (C=O) groups is 1. The highest BCUT2D eigenvalue weighted by Crippen LogP contribution is 2.31. The summed E-state index contributed by atoms with van der Waals surface area (Å²) in [5.41, 5.74) is 8.93. The molecule has 0 radical (unpaired) electrons. The van der Waals surface area contributed by atoms with Crippen LogP contribution in [0.25, 0.3) is 0 Å². The topological polar surface area (TPSA) is 89.3 Å². The molecule has 0 saturated carbocycles. The van der Waals surface area contributed by atoms with Crippen molar-refractivity contribution in [3.05, 3.63) is 59.2 Å². The van der Waals surface area contributed by atoms with Gasteiger partial charge in [0, 0.05) is 11.9 Å². The second kappa shape index (κ2) is 7.45. The molecular weight excluding hydrogens is 360 g/mol. The normalized spacial score (nSPS) is 16.4. The van der Waals surface area contributed by atoms with Gasteiger partial charge in [0.2, 0.25) is 0 Å². The van der Waals surface area contributed by atoms with E-state index >= 15 is 0 Å². The SMILES string of the molecule is CS(=O)(=O)c1ccccc1C(=O)NC1CCCc2cc(N)ccc21.Cl. The number of nitrogens with two attached hydrogens (primary N) is 1. The van der Waals surface area contributed by atoms with Crippen molar-refractivity contribution >= 4 is 33.8 Å². The molecule has 0 aromatic heterocycles. The van der Waals surface area contributed by atoms with Crippen LogP contribution in [0.1, 0.15) is 40.4 Å². The lowest BCUT2D eigenvalue weighted by Crippen LogP contribution is -2.31. The smallest absolute Gasteiger partial charge is 0.253 e. The molecule has 2 aromatic rings. The number of nitrogen functional groups attached to an aromatic ring is 1. The van der Waals surface area contributed by atoms with Crippen molar-refractivity contribution in [3.63, 3.8) is 0 Å². The maximum atomic E-state index is 12.7. The van der Waals surface area contributed by atoms with E-state index in [4.69, 9.17) is 5.73 Å². The number of rotatable bonds is 3. The van der Waals surface area contributed by atoms with Gasteiger partial charge in [0.15, 0.2) is 9.84 Å². The first-order valence-electron chi connectivity index (χ1n) is 7.84. The molecule has 134 valence electrons. The Bertz CT molecular complexity index is 897. The van der Waals surface area contributed by atoms with E-state index in [1.54, 1.807) is 18.2 Å². The van der Waals surface area contributed by atoms with Crippen LogP contribution in [0.4, 0.5) is 5.69 Å². The minimum absolute atomic E-state index is 0. The van der Waals surface area contributed by atoms with Crippen LogP contribution in [0.15, 0.2) is 47.4 Å². The van der Waals surface area contributed by atoms with E-state index in [9.17, 15) is 13.2 Å². The van der Waals surface area contributed by atoms with Crippen molar-refractivity contribution in [2.75, 3.05) is 12.0 Å². The maximum absolute atomic E-state index is 12.7. The summed E-state index contributed by atoms with van der Waals surface area (Å²) in [6.07, 6.45) is 3.82. The standard InChI is InChI=1S/C18H20N2O3S.ClH/c1-24(22,23)17-8-3-2-6-15(17)18(21)20-16-7-4-5-12-11-13(19)9-10-14(12)16;/h2-3,6,8-11,16H,4-5,7,19H2,1H3,(H,20,21);1H. The minimum atomic E-state index is -3.46. The Kier molecular flexibility index (Phi) is 5.75. The van der Waals surface area contributed by atoms with Crippen LogP contribution in [-0.2, 0) is 16.3 Å². The number of hydrogen-bond acceptors (Lipinski definition) is 4. The van der Waals surface area contributed by atoms with Crippen LogP contribution in [-0.4, -0.2) is 20.6 Å². The lowest BCUT2D eigenvalue weighted by molar-refractivity contribution is 0.0929. The highest BCUT2D eigenvalue weighted by atomic mass is 35.5. The van der Waals surface area contributed by atoms with Crippen molar-refractivity contribution in [2.24, 2.45) is 0 Å². The second-order valence-corrected chi connectivity index (χ2v) is 8.13. The number of fused-ring (bicyclic) bond motifs is 1. The van der Waals surface area contributed by atoms with Gasteiger partial charge in [0.25, 0.3) is 5.91 Å². The Labute approximate surface area is 154 Å². The van der Waals surface area contributed by atoms with Gasteiger partial charge in [-0.05, 0) is 54.7 Å². The largest absolute Gasteiger partial charge is 0.399 e. The van der Waals surface area contributed by atoms with Gasteiger partial charge in [-0.2, -0.15) is 0 Å². The highest BCUT2D eigenvalue weighted by molar-refractivity contribution is 7.90. The Morgan fingerprint density at radius 1 is 1.20 bits per heavy atom. The summed E-state index contributed by atoms with van der Waals surface area (Å²) >= 11 is 0. The second-order valence-electron chi connectivity index (χ2n) is 6.14. The molecule has 1 amide bonds. The molecule has 2 aromatic carbocycles. The number of nitrogens with one attached hydrogen (secondary N) is 1. The third-order valence-corrected chi connectivity index (χ3v) is 5.47. The fourth-order valence-corrected chi connectivity index (χ4v) is 4.08. The maximum Gasteiger partial charge on any atom is 0.253 e. The molecule has 0 heterocycles. The molecule has 1 unspecified atom stereocenters. The van der Waals surface area contributed by atoms with E-state index in [1.165, 1.54) is 6.07 Å². The number of aryl methyl sites for hydroxylation is 1. The predicted octanol–water partition coefficient (Wildman–Crippen LogP) is 2.90. The molecule has 1 aliphatic carbocycles. The van der Waals surface area contributed by atoms with E-state index in [1.807, 2.05) is 18.2 Å². The fraction of sp³-hybridized carbons (Fsp3) is 0.278. The van der Waals surface area contributed by atoms with E-state index in [0.29, 0.717) is 5.69 Å². The average molecular weight is 381 g/mol. The first-order valence-corrected chi connectivity index (χ1v) is 9.73. The van der Waals surface area contributed by atoms with Gasteiger partial charge in [0.1, 0.15) is 0 Å². The molecule has 1 aliphatic rings. The van der Waals surface area contributed by atoms with Gasteiger partial charge < -0.3 is 11.1 Å². The zero-order valence-electron chi connectivity index (χ0n) is 13.9. The van der Waals surface area contributed by atoms with Crippen LogP contribution >= 0.6 is 12.4 Å². The molecule has 1 atom stereocenters. The van der Waals surface area contributed by atoms with E-state index in [0.717, 1.165) is 36.6 Å². The van der Waals surface area contributed by atoms with Crippen LogP contribution in [0.2, 0.25) is 0 Å². The number of hydrogen-bond donors (Lipinski definition) is 2. The molecule has 3 rings (SSSR count). The van der Waals surface area contributed by atoms with Crippen LogP contribution in [0.3, 0.4) is 0 Å². The molecule has 0 spiro atoms. The number of halogens is 1. The first kappa shape index (κ1) is 19.3. The summed E-state index contributed by atoms with van der Waals surface area (Å²) in [7, 11) is -3.46. The van der Waals surface area contributed by atoms with Crippen molar-refractivity contribution in [3.8, 4) is 0 Å². The summed E-state index contributed by atoms with van der Waals surface area (Å²) in [5, 5.41) is 2.98. The minimum Gasteiger partial charge on any atom is -0.399 e. The third-order valence-electron chi connectivity index (χ3n) is 4.32. The predicted molar refractivity (Wildman–Crippen MR) is 101 cm³/mol. The van der Waals surface area contributed by atoms with Crippen molar-refractivity contribution in [1.82, 2.24) is 5.32 Å². The van der Waals surface area contributed by atoms with Gasteiger partial charge in [-0.15, -0.1) is 12.4 Å². The average Bonchev–Trinajstić information content (AvgIpc) is 2.54. The number of benzene rings is 2. The van der Waals surface area contributed by atoms with Gasteiger partial charge in [-0.1, -0.05) is 18.2 Å². The Hall–Kier alpha value is -2.05. The number of amides is 1. The van der Waals surface area contributed by atoms with Crippen LogP contribution in [0.5, 0.6) is 0 Å². The summed E-state index contributed by atoms with van der Waals surface area (Å²) in [4.78, 5) is 12.7. The number of carbonyl (C=O) groups excluding carboxylic acids is 1. The van der Waals surface area contributed by atoms with Crippen molar-refractivity contribution in [2.45, 2.75) is 30.2 Å². The molecular formula is C18H21ClN2O3S. The zero-order chi connectivity index (χ0) is 17.3. The molecule has 0 bridgehead atoms. The fourth-order valence-electron chi connectivity index (χ4n) is 3.20. The molecule has 7 heteroatoms. The van der Waals surface area contributed by atoms with E-state index < -0.39 is 9.84 Å². The molecule has 0 fully saturated rings. The summed E-state index contributed by atoms with van der Waals surface area (Å²) in [6.45, 7) is 0. The Balaban J connectivity index is 0.00000225. The van der Waals surface area contributed by atoms with Gasteiger partial charge in [-0.3, -0.25) is 4.79 Å². The third kappa shape index (κ3) is 4.14. The van der Waals surface area contributed by atoms with Crippen molar-refractivity contribution in [1.29, 1.82) is 0 Å². The van der Waals surface area contributed by atoms with Crippen LogP contribution < -0.4 is 11.1 Å². The molecule has 0 saturated heterocycles. The van der Waals surface area contributed by atoms with E-state index in [2.05, 4.69) is 5.32 Å². The number of anilines is 1. The molecule has 3 N–H and O–H groups in total. The molecule has 5 nitrogen and oxygen atoms in total. The Morgan fingerprint density at radius 3 is 2.64 bits per heavy atom. The number of sulfone groups is 1. The summed E-state index contributed by atoms with van der Waals surface area (Å²) < 4.78 is 23.8. The van der Waals surface area contributed by atoms with Gasteiger partial charge in [0.05, 0.1) is 16.5 Å². The molecule has 25 heavy (non-hydrogen) atoms. The van der Waals surface area contributed by atoms with Crippen molar-refractivity contribution < 1.29 is 13.2 Å². The summed E-state index contributed by atoms with van der Waals surface area (Å²) in [6, 6.07) is 11.9. The van der Waals surface area contributed by atoms with E-state index in [-0.39, 0.29) is 34.8 Å². The Morgan fingerprint density at radius 2 is 1.92 bits per heavy atom. The molecule has 0 aliphatic heterocycles. The van der Waals surface area contributed by atoms with Crippen LogP contribution in [0, 0.1) is 0 Å². The highest BCUT2D eigenvalue weighted by Gasteiger charge is 2.24. The quantitative estimate of drug-likeness (QED) is 0.801. The monoisotopic (exact) mass is 380 g/mol. The van der Waals surface area contributed by atoms with Gasteiger partial charge in [-0.25, -0.2) is 8.42 Å². The first-order chi connectivity index (χ1) is 11.4. The lowest BCUT2D eigenvalue weighted by atomic mass is 9.87. The lowest BCUT2D eigenvalue weighted by Gasteiger charge is -2.27. The van der Waals surface area contributed by atoms with Gasteiger partial charge >= 0.3 is 0 Å². The zero-order valence-corrected chi connectivity index (χ0v) is 15.5. The summed E-state index contributed by atoms with van der Waals surface area (Å²) in [5.74, 6) is -0.370.